The van der Waals surface area contributed by atoms with Crippen molar-refractivity contribution in [2.75, 3.05) is 19.0 Å². The summed E-state index contributed by atoms with van der Waals surface area (Å²) in [7, 11) is 1.43. The molecule has 0 radical (unpaired) electrons. The largest absolute Gasteiger partial charge is 0.468 e. The molecular weight excluding hydrogens is 496 g/mol. The van der Waals surface area contributed by atoms with E-state index < -0.39 is 0 Å². The molecule has 0 aromatic heterocycles. The Morgan fingerprint density at radius 3 is 2.34 bits per heavy atom. The van der Waals surface area contributed by atoms with Crippen LogP contribution in [0.5, 0.6) is 0 Å². The highest BCUT2D eigenvalue weighted by atomic mass is 79.9. The van der Waals surface area contributed by atoms with Crippen molar-refractivity contribution in [3.63, 3.8) is 0 Å². The average molecular weight is 516 g/mol. The van der Waals surface area contributed by atoms with E-state index in [-0.39, 0.29) is 24.7 Å². The second-order valence-corrected chi connectivity index (χ2v) is 8.72. The minimum atomic E-state index is -0.270. The van der Waals surface area contributed by atoms with Gasteiger partial charge < -0.3 is 10.1 Å². The van der Waals surface area contributed by atoms with Gasteiger partial charge in [-0.1, -0.05) is 74.3 Å². The van der Waals surface area contributed by atoms with Gasteiger partial charge in [-0.05, 0) is 47.0 Å². The number of anilines is 1. The number of esters is 1. The van der Waals surface area contributed by atoms with Crippen LogP contribution in [0, 0.1) is 0 Å². The first kappa shape index (κ1) is 20.1. The Labute approximate surface area is 187 Å². The zero-order valence-electron chi connectivity index (χ0n) is 15.8. The quantitative estimate of drug-likeness (QED) is 0.439. The Morgan fingerprint density at radius 1 is 0.966 bits per heavy atom. The molecule has 148 valence electrons. The Kier molecular flexibility index (Phi) is 6.04. The molecule has 1 N–H and O–H groups in total. The summed E-state index contributed by atoms with van der Waals surface area (Å²) in [6.07, 6.45) is -0.180. The van der Waals surface area contributed by atoms with Crippen LogP contribution in [0.3, 0.4) is 0 Å². The molecule has 1 aliphatic heterocycles. The van der Waals surface area contributed by atoms with E-state index in [0.717, 1.165) is 31.3 Å². The van der Waals surface area contributed by atoms with E-state index >= 15 is 0 Å². The molecule has 0 bridgehead atoms. The number of benzene rings is 3. The van der Waals surface area contributed by atoms with Crippen LogP contribution >= 0.6 is 31.9 Å². The summed E-state index contributed by atoms with van der Waals surface area (Å²) in [5, 5.41) is 3.62. The van der Waals surface area contributed by atoms with Crippen LogP contribution in [0.25, 0.3) is 0 Å². The summed E-state index contributed by atoms with van der Waals surface area (Å²) in [5.74, 6) is -0.270. The second-order valence-electron chi connectivity index (χ2n) is 6.89. The topological polar surface area (TPSA) is 41.6 Å². The van der Waals surface area contributed by atoms with Crippen molar-refractivity contribution in [2.24, 2.45) is 0 Å². The van der Waals surface area contributed by atoms with Gasteiger partial charge in [-0.3, -0.25) is 9.69 Å². The van der Waals surface area contributed by atoms with Crippen LogP contribution in [-0.4, -0.2) is 24.5 Å². The van der Waals surface area contributed by atoms with Gasteiger partial charge in [0.15, 0.2) is 0 Å². The number of ether oxygens (including phenoxy) is 1. The summed E-state index contributed by atoms with van der Waals surface area (Å²) >= 11 is 7.10. The minimum Gasteiger partial charge on any atom is -0.468 e. The van der Waals surface area contributed by atoms with Gasteiger partial charge in [0, 0.05) is 14.6 Å². The van der Waals surface area contributed by atoms with Crippen molar-refractivity contribution in [3.8, 4) is 0 Å². The molecule has 0 aliphatic carbocycles. The Bertz CT molecular complexity index is 1010. The molecule has 0 saturated carbocycles. The van der Waals surface area contributed by atoms with Crippen molar-refractivity contribution in [1.82, 2.24) is 4.90 Å². The minimum absolute atomic E-state index is 0.0994. The number of nitrogens with one attached hydrogen (secondary N) is 1. The average Bonchev–Trinajstić information content (AvgIpc) is 2.74. The molecular formula is C23H20Br2N2O2. The first-order chi connectivity index (χ1) is 14.1. The summed E-state index contributed by atoms with van der Waals surface area (Å²) in [5.41, 5.74) is 4.37. The highest BCUT2D eigenvalue weighted by Gasteiger charge is 2.37. The number of hydrogen-bond acceptors (Lipinski definition) is 4. The molecule has 1 heterocycles. The van der Waals surface area contributed by atoms with E-state index in [1.165, 1.54) is 7.11 Å². The van der Waals surface area contributed by atoms with Gasteiger partial charge in [-0.15, -0.1) is 0 Å². The number of carbonyl (C=O) groups is 1. The molecule has 0 unspecified atom stereocenters. The van der Waals surface area contributed by atoms with Crippen LogP contribution in [0.1, 0.15) is 28.9 Å². The first-order valence-corrected chi connectivity index (χ1v) is 10.8. The molecule has 4 nitrogen and oxygen atoms in total. The maximum atomic E-state index is 12.4. The lowest BCUT2D eigenvalue weighted by molar-refractivity contribution is -0.143. The summed E-state index contributed by atoms with van der Waals surface area (Å²) in [6.45, 7) is 0.162. The molecule has 29 heavy (non-hydrogen) atoms. The summed E-state index contributed by atoms with van der Waals surface area (Å²) in [4.78, 5) is 14.5. The van der Waals surface area contributed by atoms with Crippen molar-refractivity contribution in [2.45, 2.75) is 12.2 Å². The maximum absolute atomic E-state index is 12.4. The van der Waals surface area contributed by atoms with E-state index in [0.29, 0.717) is 0 Å². The van der Waals surface area contributed by atoms with E-state index in [9.17, 15) is 4.79 Å². The van der Waals surface area contributed by atoms with Crippen molar-refractivity contribution in [1.29, 1.82) is 0 Å². The number of nitrogens with zero attached hydrogens (tertiary/aromatic N) is 1. The molecule has 3 aromatic carbocycles. The van der Waals surface area contributed by atoms with Gasteiger partial charge in [0.25, 0.3) is 0 Å². The number of rotatable bonds is 4. The predicted molar refractivity (Wildman–Crippen MR) is 122 cm³/mol. The van der Waals surface area contributed by atoms with Crippen LogP contribution in [0.4, 0.5) is 5.69 Å². The van der Waals surface area contributed by atoms with Crippen LogP contribution in [-0.2, 0) is 9.53 Å². The van der Waals surface area contributed by atoms with Crippen molar-refractivity contribution >= 4 is 43.5 Å². The highest BCUT2D eigenvalue weighted by molar-refractivity contribution is 9.10. The van der Waals surface area contributed by atoms with E-state index in [2.05, 4.69) is 78.5 Å². The lowest BCUT2D eigenvalue weighted by atomic mass is 9.91. The lowest BCUT2D eigenvalue weighted by Gasteiger charge is -2.44. The number of carbonyl (C=O) groups excluding carboxylic acids is 1. The molecule has 4 rings (SSSR count). The third-order valence-corrected chi connectivity index (χ3v) is 6.13. The van der Waals surface area contributed by atoms with Crippen LogP contribution in [0.2, 0.25) is 0 Å². The summed E-state index contributed by atoms with van der Waals surface area (Å²) in [6, 6.07) is 24.6. The molecule has 0 fully saturated rings. The van der Waals surface area contributed by atoms with Gasteiger partial charge >= 0.3 is 5.97 Å². The van der Waals surface area contributed by atoms with Crippen molar-refractivity contribution in [3.05, 3.63) is 98.4 Å². The fourth-order valence-electron chi connectivity index (χ4n) is 3.77. The zero-order chi connectivity index (χ0) is 20.4. The van der Waals surface area contributed by atoms with Crippen LogP contribution in [0.15, 0.2) is 81.7 Å². The fraction of sp³-hybridized carbons (Fsp3) is 0.174. The number of methoxy groups -OCH3 is 1. The fourth-order valence-corrected chi connectivity index (χ4v) is 4.41. The Morgan fingerprint density at radius 2 is 1.66 bits per heavy atom. The molecule has 3 aromatic rings. The third-order valence-electron chi connectivity index (χ3n) is 5.10. The number of halogens is 2. The van der Waals surface area contributed by atoms with E-state index in [1.54, 1.807) is 0 Å². The van der Waals surface area contributed by atoms with Crippen LogP contribution < -0.4 is 5.32 Å². The Hall–Kier alpha value is -2.15. The zero-order valence-corrected chi connectivity index (χ0v) is 19.0. The van der Waals surface area contributed by atoms with Gasteiger partial charge in [0.2, 0.25) is 0 Å². The van der Waals surface area contributed by atoms with Crippen molar-refractivity contribution < 1.29 is 9.53 Å². The number of hydrogen-bond donors (Lipinski definition) is 1. The smallest absolute Gasteiger partial charge is 0.319 e. The molecule has 0 amide bonds. The molecule has 0 saturated heterocycles. The number of fused-ring (bicyclic) bond motifs is 1. The normalized spacial score (nSPS) is 18.6. The standard InChI is InChI=1S/C23H20Br2N2O2/c1-29-21(28)14-27-22(15-5-3-2-4-6-15)19-13-18(25)11-12-20(19)26-23(27)16-7-9-17(24)10-8-16/h2-13,22-23,26H,14H2,1H3/t22-,23+/m1/s1. The van der Waals surface area contributed by atoms with Gasteiger partial charge in [-0.2, -0.15) is 0 Å². The van der Waals surface area contributed by atoms with Gasteiger partial charge in [0.1, 0.15) is 6.17 Å². The Balaban J connectivity index is 1.88. The molecule has 2 atom stereocenters. The SMILES string of the molecule is COC(=O)CN1[C@H](c2ccccc2)c2cc(Br)ccc2N[C@@H]1c1ccc(Br)cc1. The first-order valence-electron chi connectivity index (χ1n) is 9.26. The van der Waals surface area contributed by atoms with Gasteiger partial charge in [0.05, 0.1) is 19.7 Å². The van der Waals surface area contributed by atoms with E-state index in [4.69, 9.17) is 4.74 Å². The van der Waals surface area contributed by atoms with Gasteiger partial charge in [-0.25, -0.2) is 0 Å². The molecule has 1 aliphatic rings. The lowest BCUT2D eigenvalue weighted by Crippen LogP contribution is -2.44. The summed E-state index contributed by atoms with van der Waals surface area (Å²) < 4.78 is 7.04. The molecule has 0 spiro atoms. The third kappa shape index (κ3) is 4.25. The predicted octanol–water partition coefficient (Wildman–Crippen LogP) is 5.90. The second kappa shape index (κ2) is 8.69. The molecule has 6 heteroatoms. The maximum Gasteiger partial charge on any atom is 0.319 e. The monoisotopic (exact) mass is 514 g/mol. The highest BCUT2D eigenvalue weighted by Crippen LogP contribution is 2.44. The van der Waals surface area contributed by atoms with E-state index in [1.807, 2.05) is 36.4 Å².